The van der Waals surface area contributed by atoms with Crippen molar-refractivity contribution in [1.29, 1.82) is 5.26 Å². The minimum atomic E-state index is -0.610. The molecular formula is C29H32N2O2S. The largest absolute Gasteiger partial charge is 0.493 e. The van der Waals surface area contributed by atoms with E-state index < -0.39 is 5.41 Å². The Hall–Kier alpha value is -2.94. The smallest absolute Gasteiger partial charge is 0.160 e. The Kier molecular flexibility index (Phi) is 7.82. The molecule has 0 saturated carbocycles. The molecule has 3 aromatic carbocycles. The molecule has 5 heteroatoms. The highest BCUT2D eigenvalue weighted by Crippen LogP contribution is 2.46. The minimum Gasteiger partial charge on any atom is -0.493 e. The van der Waals surface area contributed by atoms with Crippen molar-refractivity contribution in [3.05, 3.63) is 89.0 Å². The topological polar surface area (TPSA) is 45.5 Å². The molecule has 176 valence electrons. The molecule has 0 radical (unpaired) electrons. The Labute approximate surface area is 207 Å². The highest BCUT2D eigenvalue weighted by atomic mass is 32.2. The maximum atomic E-state index is 10.6. The monoisotopic (exact) mass is 472 g/mol. The summed E-state index contributed by atoms with van der Waals surface area (Å²) in [5.74, 6) is 2.42. The summed E-state index contributed by atoms with van der Waals surface area (Å²) in [6.07, 6.45) is 2.69. The van der Waals surface area contributed by atoms with Crippen molar-refractivity contribution >= 4 is 11.8 Å². The first-order valence-corrected chi connectivity index (χ1v) is 12.7. The zero-order valence-electron chi connectivity index (χ0n) is 20.2. The van der Waals surface area contributed by atoms with Crippen LogP contribution in [0.3, 0.4) is 0 Å². The van der Waals surface area contributed by atoms with Crippen LogP contribution in [0.25, 0.3) is 0 Å². The van der Waals surface area contributed by atoms with Gasteiger partial charge in [-0.1, -0.05) is 48.5 Å². The van der Waals surface area contributed by atoms with E-state index in [1.54, 1.807) is 14.2 Å². The quantitative estimate of drug-likeness (QED) is 0.378. The fourth-order valence-corrected chi connectivity index (χ4v) is 5.97. The Bertz CT molecular complexity index is 1120. The zero-order chi connectivity index (χ0) is 24.0. The average molecular weight is 473 g/mol. The third-order valence-electron chi connectivity index (χ3n) is 6.72. The molecule has 1 heterocycles. The van der Waals surface area contributed by atoms with Gasteiger partial charge in [0.2, 0.25) is 0 Å². The van der Waals surface area contributed by atoms with Crippen molar-refractivity contribution in [2.24, 2.45) is 0 Å². The highest BCUT2D eigenvalue weighted by molar-refractivity contribution is 7.98. The first kappa shape index (κ1) is 24.2. The molecule has 0 aromatic heterocycles. The van der Waals surface area contributed by atoms with E-state index in [1.807, 2.05) is 17.8 Å². The van der Waals surface area contributed by atoms with Gasteiger partial charge in [-0.15, -0.1) is 11.8 Å². The number of ether oxygens (including phenoxy) is 2. The van der Waals surface area contributed by atoms with Crippen molar-refractivity contribution in [3.63, 3.8) is 0 Å². The van der Waals surface area contributed by atoms with Gasteiger partial charge in [-0.3, -0.25) is 0 Å². The Balaban J connectivity index is 1.45. The molecular weight excluding hydrogens is 440 g/mol. The second-order valence-electron chi connectivity index (χ2n) is 8.81. The second-order valence-corrected chi connectivity index (χ2v) is 9.82. The number of nitriles is 1. The molecule has 4 nitrogen and oxygen atoms in total. The maximum absolute atomic E-state index is 10.6. The summed E-state index contributed by atoms with van der Waals surface area (Å²) in [5, 5.41) is 10.6. The number of benzene rings is 3. The van der Waals surface area contributed by atoms with Crippen LogP contribution in [0.2, 0.25) is 0 Å². The number of thioether (sulfide) groups is 1. The van der Waals surface area contributed by atoms with Crippen LogP contribution < -0.4 is 9.47 Å². The predicted octanol–water partition coefficient (Wildman–Crippen LogP) is 6.07. The number of fused-ring (bicyclic) bond motifs is 2. The number of rotatable bonds is 9. The molecule has 0 amide bonds. The van der Waals surface area contributed by atoms with Crippen LogP contribution in [-0.4, -0.2) is 39.3 Å². The highest BCUT2D eigenvalue weighted by Gasteiger charge is 2.39. The van der Waals surface area contributed by atoms with Crippen LogP contribution in [0, 0.1) is 11.3 Å². The lowest BCUT2D eigenvalue weighted by Gasteiger charge is -2.30. The fraction of sp³-hybridized carbons (Fsp3) is 0.345. The average Bonchev–Trinajstić information content (AvgIpc) is 3.02. The van der Waals surface area contributed by atoms with Gasteiger partial charge in [0, 0.05) is 17.2 Å². The van der Waals surface area contributed by atoms with Crippen molar-refractivity contribution in [1.82, 2.24) is 4.90 Å². The summed E-state index contributed by atoms with van der Waals surface area (Å²) in [6.45, 7) is 1.88. The molecule has 4 rings (SSSR count). The predicted molar refractivity (Wildman–Crippen MR) is 139 cm³/mol. The van der Waals surface area contributed by atoms with Crippen LogP contribution >= 0.6 is 11.8 Å². The molecule has 3 aromatic rings. The molecule has 1 atom stereocenters. The van der Waals surface area contributed by atoms with Gasteiger partial charge in [-0.2, -0.15) is 5.26 Å². The first-order valence-electron chi connectivity index (χ1n) is 11.7. The number of hydrogen-bond donors (Lipinski definition) is 0. The van der Waals surface area contributed by atoms with Crippen molar-refractivity contribution in [2.45, 2.75) is 35.3 Å². The Morgan fingerprint density at radius 3 is 2.44 bits per heavy atom. The molecule has 0 N–H and O–H groups in total. The van der Waals surface area contributed by atoms with Crippen LogP contribution in [-0.2, 0) is 17.6 Å². The molecule has 0 fully saturated rings. The molecule has 0 unspecified atom stereocenters. The summed E-state index contributed by atoms with van der Waals surface area (Å²) in [4.78, 5) is 3.58. The fourth-order valence-electron chi connectivity index (χ4n) is 4.84. The van der Waals surface area contributed by atoms with E-state index in [1.165, 1.54) is 21.6 Å². The molecule has 34 heavy (non-hydrogen) atoms. The van der Waals surface area contributed by atoms with E-state index in [0.717, 1.165) is 55.2 Å². The number of likely N-dealkylation sites (N-methyl/N-ethyl adjacent to an activating group) is 1. The van der Waals surface area contributed by atoms with Gasteiger partial charge in [-0.25, -0.2) is 0 Å². The lowest BCUT2D eigenvalue weighted by Crippen LogP contribution is -2.30. The lowest BCUT2D eigenvalue weighted by atomic mass is 9.71. The van der Waals surface area contributed by atoms with E-state index in [0.29, 0.717) is 0 Å². The molecule has 0 bridgehead atoms. The van der Waals surface area contributed by atoms with Crippen molar-refractivity contribution in [3.8, 4) is 17.6 Å². The normalized spacial score (nSPS) is 16.8. The van der Waals surface area contributed by atoms with Gasteiger partial charge < -0.3 is 14.4 Å². The summed E-state index contributed by atoms with van der Waals surface area (Å²) in [7, 11) is 5.48. The lowest BCUT2D eigenvalue weighted by molar-refractivity contribution is 0.320. The van der Waals surface area contributed by atoms with Crippen molar-refractivity contribution in [2.75, 3.05) is 34.4 Å². The van der Waals surface area contributed by atoms with Gasteiger partial charge in [0.1, 0.15) is 5.41 Å². The third-order valence-corrected chi connectivity index (χ3v) is 7.84. The molecule has 0 spiro atoms. The SMILES string of the molecule is COc1ccc(CCN(C)CCC[C@]2(C#N)c3ccccc3CSc3ccccc32)cc1OC. The van der Waals surface area contributed by atoms with Crippen LogP contribution in [0.4, 0.5) is 0 Å². The van der Waals surface area contributed by atoms with E-state index in [9.17, 15) is 5.26 Å². The first-order chi connectivity index (χ1) is 16.6. The van der Waals surface area contributed by atoms with E-state index in [-0.39, 0.29) is 0 Å². The van der Waals surface area contributed by atoms with Crippen LogP contribution in [0.1, 0.15) is 35.1 Å². The van der Waals surface area contributed by atoms with Gasteiger partial charge in [0.15, 0.2) is 11.5 Å². The summed E-state index contributed by atoms with van der Waals surface area (Å²) in [6, 6.07) is 25.8. The maximum Gasteiger partial charge on any atom is 0.160 e. The standard InChI is InChI=1S/C29H32N2O2S/c1-31(18-15-22-13-14-26(32-2)27(19-22)33-3)17-8-16-29(21-30)24-10-5-4-9-23(24)20-34-28-12-7-6-11-25(28)29/h4-7,9-14,19H,8,15-18,20H2,1-3H3/t29-/m0/s1. The van der Waals surface area contributed by atoms with E-state index in [2.05, 4.69) is 78.7 Å². The molecule has 0 saturated heterocycles. The number of methoxy groups -OCH3 is 2. The Morgan fingerprint density at radius 1 is 0.941 bits per heavy atom. The summed E-state index contributed by atoms with van der Waals surface area (Å²) in [5.41, 5.74) is 4.21. The molecule has 1 aliphatic rings. The van der Waals surface area contributed by atoms with Gasteiger partial charge in [0.25, 0.3) is 0 Å². The van der Waals surface area contributed by atoms with E-state index >= 15 is 0 Å². The minimum absolute atomic E-state index is 0.610. The van der Waals surface area contributed by atoms with Gasteiger partial charge in [-0.05, 0) is 73.3 Å². The van der Waals surface area contributed by atoms with E-state index in [4.69, 9.17) is 9.47 Å². The van der Waals surface area contributed by atoms with Crippen LogP contribution in [0.5, 0.6) is 11.5 Å². The molecule has 1 aliphatic heterocycles. The van der Waals surface area contributed by atoms with Gasteiger partial charge >= 0.3 is 0 Å². The number of nitrogens with zero attached hydrogens (tertiary/aromatic N) is 2. The summed E-state index contributed by atoms with van der Waals surface area (Å²) >= 11 is 1.84. The van der Waals surface area contributed by atoms with Gasteiger partial charge in [0.05, 0.1) is 20.3 Å². The Morgan fingerprint density at radius 2 is 1.68 bits per heavy atom. The zero-order valence-corrected chi connectivity index (χ0v) is 21.0. The third kappa shape index (κ3) is 4.94. The number of hydrogen-bond acceptors (Lipinski definition) is 5. The van der Waals surface area contributed by atoms with Crippen molar-refractivity contribution < 1.29 is 9.47 Å². The molecule has 0 aliphatic carbocycles. The van der Waals surface area contributed by atoms with Crippen LogP contribution in [0.15, 0.2) is 71.6 Å². The second kappa shape index (κ2) is 11.0. The summed E-state index contributed by atoms with van der Waals surface area (Å²) < 4.78 is 10.8.